The number of benzene rings is 3. The van der Waals surface area contributed by atoms with E-state index in [0.717, 1.165) is 10.8 Å². The number of hydrogen-bond acceptors (Lipinski definition) is 5. The van der Waals surface area contributed by atoms with Crippen LogP contribution in [0.5, 0.6) is 11.5 Å². The van der Waals surface area contributed by atoms with Crippen molar-refractivity contribution in [2.24, 2.45) is 0 Å². The Bertz CT molecular complexity index is 993. The van der Waals surface area contributed by atoms with Crippen molar-refractivity contribution in [3.8, 4) is 11.5 Å². The van der Waals surface area contributed by atoms with Gasteiger partial charge in [-0.15, -0.1) is 0 Å². The lowest BCUT2D eigenvalue weighted by Gasteiger charge is -2.09. The van der Waals surface area contributed by atoms with Crippen LogP contribution in [-0.4, -0.2) is 25.3 Å². The Morgan fingerprint density at radius 2 is 1.77 bits per heavy atom. The predicted molar refractivity (Wildman–Crippen MR) is 95.4 cm³/mol. The van der Waals surface area contributed by atoms with Crippen LogP contribution < -0.4 is 14.8 Å². The van der Waals surface area contributed by atoms with Gasteiger partial charge in [0, 0.05) is 11.8 Å². The van der Waals surface area contributed by atoms with Gasteiger partial charge in [0.1, 0.15) is 0 Å². The molecule has 0 saturated carbocycles. The molecule has 0 aliphatic carbocycles. The Kier molecular flexibility index (Phi) is 4.15. The summed E-state index contributed by atoms with van der Waals surface area (Å²) >= 11 is 0. The molecule has 1 aliphatic heterocycles. The number of rotatable bonds is 4. The molecule has 3 aromatic carbocycles. The van der Waals surface area contributed by atoms with E-state index in [4.69, 9.17) is 14.2 Å². The number of fused-ring (bicyclic) bond motifs is 2. The Balaban J connectivity index is 1.40. The average Bonchev–Trinajstić information content (AvgIpc) is 3.13. The lowest BCUT2D eigenvalue weighted by atomic mass is 10.1. The van der Waals surface area contributed by atoms with Crippen molar-refractivity contribution in [3.63, 3.8) is 0 Å². The van der Waals surface area contributed by atoms with Gasteiger partial charge in [0.05, 0.1) is 5.56 Å². The summed E-state index contributed by atoms with van der Waals surface area (Å²) in [4.78, 5) is 24.4. The van der Waals surface area contributed by atoms with Gasteiger partial charge < -0.3 is 19.5 Å². The molecule has 0 bridgehead atoms. The molecule has 6 heteroatoms. The van der Waals surface area contributed by atoms with Gasteiger partial charge in [-0.05, 0) is 29.0 Å². The third-order valence-corrected chi connectivity index (χ3v) is 4.00. The van der Waals surface area contributed by atoms with Gasteiger partial charge >= 0.3 is 5.97 Å². The molecule has 0 fully saturated rings. The zero-order valence-corrected chi connectivity index (χ0v) is 13.7. The van der Waals surface area contributed by atoms with Crippen molar-refractivity contribution in [1.82, 2.24) is 0 Å². The second-order valence-corrected chi connectivity index (χ2v) is 5.72. The summed E-state index contributed by atoms with van der Waals surface area (Å²) in [6, 6.07) is 18.0. The van der Waals surface area contributed by atoms with Crippen molar-refractivity contribution < 1.29 is 23.8 Å². The lowest BCUT2D eigenvalue weighted by molar-refractivity contribution is -0.119. The molecule has 6 nitrogen and oxygen atoms in total. The Morgan fingerprint density at radius 3 is 2.69 bits per heavy atom. The van der Waals surface area contributed by atoms with Crippen LogP contribution in [0.2, 0.25) is 0 Å². The highest BCUT2D eigenvalue weighted by atomic mass is 16.7. The molecule has 0 atom stereocenters. The van der Waals surface area contributed by atoms with Crippen LogP contribution in [0.1, 0.15) is 10.4 Å². The van der Waals surface area contributed by atoms with Gasteiger partial charge in [0.15, 0.2) is 18.1 Å². The first-order valence-corrected chi connectivity index (χ1v) is 8.05. The van der Waals surface area contributed by atoms with E-state index in [1.807, 2.05) is 30.3 Å². The maximum Gasteiger partial charge on any atom is 0.339 e. The van der Waals surface area contributed by atoms with E-state index in [1.54, 1.807) is 30.3 Å². The molecule has 0 unspecified atom stereocenters. The van der Waals surface area contributed by atoms with E-state index in [9.17, 15) is 9.59 Å². The van der Waals surface area contributed by atoms with E-state index < -0.39 is 11.9 Å². The summed E-state index contributed by atoms with van der Waals surface area (Å²) < 4.78 is 15.6. The molecule has 4 rings (SSSR count). The molecule has 0 radical (unpaired) electrons. The molecule has 1 amide bonds. The van der Waals surface area contributed by atoms with Crippen molar-refractivity contribution >= 4 is 28.3 Å². The highest BCUT2D eigenvalue weighted by Gasteiger charge is 2.16. The second kappa shape index (κ2) is 6.76. The van der Waals surface area contributed by atoms with Gasteiger partial charge in [-0.2, -0.15) is 0 Å². The minimum atomic E-state index is -0.539. The van der Waals surface area contributed by atoms with Crippen LogP contribution in [0.25, 0.3) is 10.8 Å². The maximum absolute atomic E-state index is 12.3. The number of anilines is 1. The van der Waals surface area contributed by atoms with Crippen LogP contribution in [0.15, 0.2) is 60.7 Å². The van der Waals surface area contributed by atoms with Crippen LogP contribution in [0.3, 0.4) is 0 Å². The monoisotopic (exact) mass is 349 g/mol. The third kappa shape index (κ3) is 3.17. The van der Waals surface area contributed by atoms with E-state index in [0.29, 0.717) is 22.7 Å². The molecule has 130 valence electrons. The van der Waals surface area contributed by atoms with E-state index in [1.165, 1.54) is 0 Å². The molecule has 26 heavy (non-hydrogen) atoms. The van der Waals surface area contributed by atoms with Gasteiger partial charge in [0.25, 0.3) is 5.91 Å². The van der Waals surface area contributed by atoms with Gasteiger partial charge in [0.2, 0.25) is 6.79 Å². The average molecular weight is 349 g/mol. The van der Waals surface area contributed by atoms with Crippen molar-refractivity contribution in [1.29, 1.82) is 0 Å². The Labute approximate surface area is 149 Å². The summed E-state index contributed by atoms with van der Waals surface area (Å²) in [5.74, 6) is 0.223. The van der Waals surface area contributed by atoms with Crippen molar-refractivity contribution in [2.75, 3.05) is 18.7 Å². The number of carbonyl (C=O) groups is 2. The summed E-state index contributed by atoms with van der Waals surface area (Å²) in [6.07, 6.45) is 0. The minimum absolute atomic E-state index is 0.162. The molecule has 0 saturated heterocycles. The largest absolute Gasteiger partial charge is 0.454 e. The fourth-order valence-electron chi connectivity index (χ4n) is 2.78. The summed E-state index contributed by atoms with van der Waals surface area (Å²) in [5.41, 5.74) is 0.972. The molecule has 3 aromatic rings. The summed E-state index contributed by atoms with van der Waals surface area (Å²) in [6.45, 7) is -0.216. The predicted octanol–water partition coefficient (Wildman–Crippen LogP) is 3.36. The summed E-state index contributed by atoms with van der Waals surface area (Å²) in [5, 5.41) is 4.39. The van der Waals surface area contributed by atoms with E-state index in [2.05, 4.69) is 5.32 Å². The third-order valence-electron chi connectivity index (χ3n) is 4.00. The summed E-state index contributed by atoms with van der Waals surface area (Å²) in [7, 11) is 0. The number of ether oxygens (including phenoxy) is 3. The van der Waals surface area contributed by atoms with Gasteiger partial charge in [-0.25, -0.2) is 4.79 Å². The number of nitrogens with one attached hydrogen (secondary N) is 1. The Morgan fingerprint density at radius 1 is 0.962 bits per heavy atom. The maximum atomic E-state index is 12.3. The smallest absolute Gasteiger partial charge is 0.339 e. The van der Waals surface area contributed by atoms with Gasteiger partial charge in [-0.1, -0.05) is 36.4 Å². The molecular weight excluding hydrogens is 334 g/mol. The second-order valence-electron chi connectivity index (χ2n) is 5.72. The molecule has 1 N–H and O–H groups in total. The molecule has 0 aromatic heterocycles. The highest BCUT2D eigenvalue weighted by molar-refractivity contribution is 6.05. The highest BCUT2D eigenvalue weighted by Crippen LogP contribution is 2.34. The SMILES string of the molecule is O=C(COC(=O)c1cccc2ccccc12)Nc1ccc2c(c1)OCO2. The lowest BCUT2D eigenvalue weighted by Crippen LogP contribution is -2.21. The molecule has 0 spiro atoms. The van der Waals surface area contributed by atoms with E-state index in [-0.39, 0.29) is 13.4 Å². The standard InChI is InChI=1S/C20H15NO5/c22-19(21-14-8-9-17-18(10-14)26-12-25-17)11-24-20(23)16-7-3-5-13-4-1-2-6-15(13)16/h1-10H,11-12H2,(H,21,22). The fourth-order valence-corrected chi connectivity index (χ4v) is 2.78. The molecular formula is C20H15NO5. The fraction of sp³-hybridized carbons (Fsp3) is 0.100. The quantitative estimate of drug-likeness (QED) is 0.731. The molecule has 1 aliphatic rings. The van der Waals surface area contributed by atoms with Crippen LogP contribution in [-0.2, 0) is 9.53 Å². The number of esters is 1. The number of hydrogen-bond donors (Lipinski definition) is 1. The van der Waals surface area contributed by atoms with Gasteiger partial charge in [-0.3, -0.25) is 4.79 Å². The van der Waals surface area contributed by atoms with E-state index >= 15 is 0 Å². The van der Waals surface area contributed by atoms with Crippen LogP contribution in [0, 0.1) is 0 Å². The first kappa shape index (κ1) is 16.0. The Hall–Kier alpha value is -3.54. The zero-order valence-electron chi connectivity index (χ0n) is 13.7. The number of carbonyl (C=O) groups excluding carboxylic acids is 2. The van der Waals surface area contributed by atoms with Crippen LogP contribution in [0.4, 0.5) is 5.69 Å². The first-order chi connectivity index (χ1) is 12.7. The normalized spacial score (nSPS) is 12.0. The van der Waals surface area contributed by atoms with Crippen molar-refractivity contribution in [3.05, 3.63) is 66.2 Å². The topological polar surface area (TPSA) is 73.9 Å². The van der Waals surface area contributed by atoms with Crippen LogP contribution >= 0.6 is 0 Å². The molecule has 1 heterocycles. The minimum Gasteiger partial charge on any atom is -0.454 e. The first-order valence-electron chi connectivity index (χ1n) is 8.05. The van der Waals surface area contributed by atoms with Crippen molar-refractivity contribution in [2.45, 2.75) is 0 Å². The number of amides is 1. The zero-order chi connectivity index (χ0) is 17.9.